The van der Waals surface area contributed by atoms with Gasteiger partial charge in [0.1, 0.15) is 5.82 Å². The van der Waals surface area contributed by atoms with Gasteiger partial charge in [0.15, 0.2) is 0 Å². The molecule has 19 heavy (non-hydrogen) atoms. The van der Waals surface area contributed by atoms with Gasteiger partial charge in [-0.1, -0.05) is 51.9 Å². The summed E-state index contributed by atoms with van der Waals surface area (Å²) in [7, 11) is 0. The largest absolute Gasteiger partial charge is 0.332 e. The third kappa shape index (κ3) is 6.47. The molecule has 0 saturated carbocycles. The maximum atomic E-state index is 4.52. The summed E-state index contributed by atoms with van der Waals surface area (Å²) in [6, 6.07) is 0. The highest BCUT2D eigenvalue weighted by atomic mass is 35.5. The van der Waals surface area contributed by atoms with Crippen molar-refractivity contribution in [1.82, 2.24) is 9.55 Å². The van der Waals surface area contributed by atoms with Gasteiger partial charge >= 0.3 is 0 Å². The number of halogens is 1. The fourth-order valence-electron chi connectivity index (χ4n) is 2.56. The average Bonchev–Trinajstić information content (AvgIpc) is 2.58. The second kappa shape index (κ2) is 10.3. The maximum Gasteiger partial charge on any atom is 0.106 e. The first-order valence-corrected chi connectivity index (χ1v) is 7.67. The van der Waals surface area contributed by atoms with E-state index in [2.05, 4.69) is 37.2 Å². The molecule has 112 valence electrons. The number of aryl methyl sites for hydroxylation is 2. The Morgan fingerprint density at radius 3 is 1.84 bits per heavy atom. The summed E-state index contributed by atoms with van der Waals surface area (Å²) in [4.78, 5) is 4.52. The highest BCUT2D eigenvalue weighted by Gasteiger charge is 2.06. The molecule has 1 aromatic rings. The minimum absolute atomic E-state index is 0. The van der Waals surface area contributed by atoms with Crippen molar-refractivity contribution >= 4 is 12.4 Å². The van der Waals surface area contributed by atoms with Crippen molar-refractivity contribution in [2.24, 2.45) is 0 Å². The maximum absolute atomic E-state index is 4.52. The van der Waals surface area contributed by atoms with Crippen LogP contribution in [0.3, 0.4) is 0 Å². The number of rotatable bonds is 9. The van der Waals surface area contributed by atoms with Crippen LogP contribution in [0.2, 0.25) is 0 Å². The first-order chi connectivity index (χ1) is 8.66. The molecule has 1 aromatic heterocycles. The predicted molar refractivity (Wildman–Crippen MR) is 86.3 cm³/mol. The van der Waals surface area contributed by atoms with Gasteiger partial charge in [0.05, 0.1) is 5.69 Å². The summed E-state index contributed by atoms with van der Waals surface area (Å²) in [6.45, 7) is 9.82. The number of hydrogen-bond acceptors (Lipinski definition) is 1. The van der Waals surface area contributed by atoms with Gasteiger partial charge in [-0.15, -0.1) is 12.4 Å². The molecule has 0 fully saturated rings. The standard InChI is InChI=1S/C16H30N2.ClH/c1-5-6-7-8-9-10-11-12-13-18-15(3)14(2)17-16(18)4;/h5-13H2,1-4H3;1H. The van der Waals surface area contributed by atoms with E-state index < -0.39 is 0 Å². The highest BCUT2D eigenvalue weighted by Crippen LogP contribution is 2.13. The zero-order chi connectivity index (χ0) is 13.4. The van der Waals surface area contributed by atoms with E-state index in [9.17, 15) is 0 Å². The van der Waals surface area contributed by atoms with Gasteiger partial charge in [-0.25, -0.2) is 4.98 Å². The number of unbranched alkanes of at least 4 members (excludes halogenated alkanes) is 7. The van der Waals surface area contributed by atoms with Crippen LogP contribution in [0.5, 0.6) is 0 Å². The molecule has 3 heteroatoms. The summed E-state index contributed by atoms with van der Waals surface area (Å²) in [5, 5.41) is 0. The molecular weight excluding hydrogens is 256 g/mol. The molecule has 0 aliphatic carbocycles. The van der Waals surface area contributed by atoms with Gasteiger partial charge in [0.25, 0.3) is 0 Å². The molecular formula is C16H31ClN2. The van der Waals surface area contributed by atoms with Crippen LogP contribution in [0.4, 0.5) is 0 Å². The van der Waals surface area contributed by atoms with Crippen molar-refractivity contribution in [3.8, 4) is 0 Å². The van der Waals surface area contributed by atoms with Crippen LogP contribution in [0.15, 0.2) is 0 Å². The molecule has 0 aromatic carbocycles. The summed E-state index contributed by atoms with van der Waals surface area (Å²) >= 11 is 0. The number of hydrogen-bond donors (Lipinski definition) is 0. The summed E-state index contributed by atoms with van der Waals surface area (Å²) in [5.74, 6) is 1.17. The minimum atomic E-state index is 0. The first-order valence-electron chi connectivity index (χ1n) is 7.67. The van der Waals surface area contributed by atoms with E-state index in [4.69, 9.17) is 0 Å². The lowest BCUT2D eigenvalue weighted by Gasteiger charge is -2.07. The van der Waals surface area contributed by atoms with E-state index in [1.807, 2.05) is 0 Å². The molecule has 0 amide bonds. The zero-order valence-electron chi connectivity index (χ0n) is 13.2. The fraction of sp³-hybridized carbons (Fsp3) is 0.812. The topological polar surface area (TPSA) is 17.8 Å². The molecule has 1 heterocycles. The van der Waals surface area contributed by atoms with Gasteiger partial charge in [-0.3, -0.25) is 0 Å². The Morgan fingerprint density at radius 2 is 1.37 bits per heavy atom. The molecule has 0 bridgehead atoms. The normalized spacial score (nSPS) is 10.5. The van der Waals surface area contributed by atoms with Gasteiger partial charge in [0, 0.05) is 12.2 Å². The smallest absolute Gasteiger partial charge is 0.106 e. The van der Waals surface area contributed by atoms with E-state index in [1.54, 1.807) is 0 Å². The molecule has 0 spiro atoms. The third-order valence-corrected chi connectivity index (χ3v) is 3.88. The Bertz CT molecular complexity index is 345. The van der Waals surface area contributed by atoms with Gasteiger partial charge in [-0.2, -0.15) is 0 Å². The van der Waals surface area contributed by atoms with E-state index in [-0.39, 0.29) is 12.4 Å². The molecule has 0 saturated heterocycles. The lowest BCUT2D eigenvalue weighted by Crippen LogP contribution is -2.02. The van der Waals surface area contributed by atoms with E-state index in [0.29, 0.717) is 0 Å². The molecule has 0 aliphatic heterocycles. The van der Waals surface area contributed by atoms with Gasteiger partial charge < -0.3 is 4.57 Å². The Kier molecular flexibility index (Phi) is 10.0. The van der Waals surface area contributed by atoms with Crippen molar-refractivity contribution in [3.05, 3.63) is 17.2 Å². The van der Waals surface area contributed by atoms with Gasteiger partial charge in [0.2, 0.25) is 0 Å². The quantitative estimate of drug-likeness (QED) is 0.558. The second-order valence-corrected chi connectivity index (χ2v) is 5.46. The van der Waals surface area contributed by atoms with Crippen LogP contribution in [-0.4, -0.2) is 9.55 Å². The molecule has 0 aliphatic rings. The summed E-state index contributed by atoms with van der Waals surface area (Å²) < 4.78 is 2.37. The van der Waals surface area contributed by atoms with Crippen molar-refractivity contribution in [3.63, 3.8) is 0 Å². The van der Waals surface area contributed by atoms with Crippen molar-refractivity contribution in [2.75, 3.05) is 0 Å². The average molecular weight is 287 g/mol. The number of nitrogens with zero attached hydrogens (tertiary/aromatic N) is 2. The minimum Gasteiger partial charge on any atom is -0.332 e. The predicted octanol–water partition coefficient (Wildman–Crippen LogP) is 5.37. The van der Waals surface area contributed by atoms with E-state index in [0.717, 1.165) is 6.54 Å². The van der Waals surface area contributed by atoms with Crippen LogP contribution in [0.25, 0.3) is 0 Å². The zero-order valence-corrected chi connectivity index (χ0v) is 14.0. The Labute approximate surface area is 125 Å². The second-order valence-electron chi connectivity index (χ2n) is 5.46. The number of aromatic nitrogens is 2. The van der Waals surface area contributed by atoms with Crippen molar-refractivity contribution in [1.29, 1.82) is 0 Å². The highest BCUT2D eigenvalue weighted by molar-refractivity contribution is 5.85. The molecule has 0 unspecified atom stereocenters. The molecule has 0 radical (unpaired) electrons. The first kappa shape index (κ1) is 18.5. The molecule has 1 rings (SSSR count). The Morgan fingerprint density at radius 1 is 0.842 bits per heavy atom. The monoisotopic (exact) mass is 286 g/mol. The third-order valence-electron chi connectivity index (χ3n) is 3.88. The summed E-state index contributed by atoms with van der Waals surface area (Å²) in [6.07, 6.45) is 11.1. The molecule has 2 nitrogen and oxygen atoms in total. The lowest BCUT2D eigenvalue weighted by molar-refractivity contribution is 0.535. The molecule has 0 N–H and O–H groups in total. The van der Waals surface area contributed by atoms with Crippen LogP contribution < -0.4 is 0 Å². The molecule has 0 atom stereocenters. The van der Waals surface area contributed by atoms with Crippen molar-refractivity contribution in [2.45, 2.75) is 85.6 Å². The fourth-order valence-corrected chi connectivity index (χ4v) is 2.56. The van der Waals surface area contributed by atoms with Crippen LogP contribution in [0.1, 0.15) is 75.5 Å². The van der Waals surface area contributed by atoms with Gasteiger partial charge in [-0.05, 0) is 27.2 Å². The van der Waals surface area contributed by atoms with Crippen LogP contribution in [0, 0.1) is 20.8 Å². The van der Waals surface area contributed by atoms with E-state index >= 15 is 0 Å². The van der Waals surface area contributed by atoms with Crippen LogP contribution in [-0.2, 0) is 6.54 Å². The Hall–Kier alpha value is -0.500. The van der Waals surface area contributed by atoms with Crippen molar-refractivity contribution < 1.29 is 0 Å². The van der Waals surface area contributed by atoms with Crippen LogP contribution >= 0.6 is 12.4 Å². The lowest BCUT2D eigenvalue weighted by atomic mass is 10.1. The number of imidazole rings is 1. The Balaban J connectivity index is 0.00000324. The SMILES string of the molecule is CCCCCCCCCCn1c(C)nc(C)c1C.Cl. The summed E-state index contributed by atoms with van der Waals surface area (Å²) in [5.41, 5.74) is 2.53. The van der Waals surface area contributed by atoms with E-state index in [1.165, 1.54) is 68.6 Å².